The molecule has 1 aromatic rings. The van der Waals surface area contributed by atoms with E-state index in [4.69, 9.17) is 0 Å². The van der Waals surface area contributed by atoms with Crippen LogP contribution in [0.1, 0.15) is 12.1 Å². The van der Waals surface area contributed by atoms with Crippen LogP contribution in [0.15, 0.2) is 18.3 Å². The summed E-state index contributed by atoms with van der Waals surface area (Å²) in [5.41, 5.74) is 1.36. The minimum absolute atomic E-state index is 0.676. The zero-order valence-electron chi connectivity index (χ0n) is 9.03. The molecule has 0 radical (unpaired) electrons. The number of likely N-dealkylation sites (N-methyl/N-ethyl adjacent to an activating group) is 1. The summed E-state index contributed by atoms with van der Waals surface area (Å²) in [5, 5.41) is 3.59. The van der Waals surface area contributed by atoms with Crippen molar-refractivity contribution >= 4 is 0 Å². The Morgan fingerprint density at radius 1 is 1.50 bits per heavy atom. The number of hydrogen-bond donors (Lipinski definition) is 1. The lowest BCUT2D eigenvalue weighted by molar-refractivity contribution is 0.396. The molecule has 1 fully saturated rings. The van der Waals surface area contributed by atoms with E-state index in [1.54, 1.807) is 0 Å². The monoisotopic (exact) mass is 193 g/mol. The van der Waals surface area contributed by atoms with Crippen molar-refractivity contribution in [1.82, 2.24) is 14.8 Å². The highest BCUT2D eigenvalue weighted by Gasteiger charge is 2.18. The molecule has 2 heterocycles. The number of aryl methyl sites for hydroxylation is 1. The Hall–Kier alpha value is -0.800. The molecule has 0 bridgehead atoms. The summed E-state index contributed by atoms with van der Waals surface area (Å²) in [4.78, 5) is 2.38. The van der Waals surface area contributed by atoms with Gasteiger partial charge in [-0.1, -0.05) is 0 Å². The Balaban J connectivity index is 1.80. The fraction of sp³-hybridized carbons (Fsp3) is 0.636. The van der Waals surface area contributed by atoms with Crippen LogP contribution in [-0.4, -0.2) is 35.6 Å². The second kappa shape index (κ2) is 4.15. The van der Waals surface area contributed by atoms with Gasteiger partial charge in [-0.05, 0) is 32.1 Å². The second-order valence-electron chi connectivity index (χ2n) is 4.24. The predicted octanol–water partition coefficient (Wildman–Crippen LogP) is 0.819. The van der Waals surface area contributed by atoms with Crippen molar-refractivity contribution in [2.45, 2.75) is 19.0 Å². The Kier molecular flexibility index (Phi) is 2.89. The van der Waals surface area contributed by atoms with Gasteiger partial charge in [0.2, 0.25) is 0 Å². The van der Waals surface area contributed by atoms with Crippen LogP contribution in [0.25, 0.3) is 0 Å². The van der Waals surface area contributed by atoms with Crippen molar-refractivity contribution < 1.29 is 0 Å². The molecule has 0 spiro atoms. The lowest BCUT2D eigenvalue weighted by Gasteiger charge is -2.13. The number of aromatic nitrogens is 1. The van der Waals surface area contributed by atoms with Gasteiger partial charge >= 0.3 is 0 Å². The molecule has 3 nitrogen and oxygen atoms in total. The van der Waals surface area contributed by atoms with Crippen LogP contribution in [-0.2, 0) is 13.6 Å². The highest BCUT2D eigenvalue weighted by atomic mass is 15.2. The molecule has 1 atom stereocenters. The highest BCUT2D eigenvalue weighted by molar-refractivity contribution is 5.06. The van der Waals surface area contributed by atoms with Crippen molar-refractivity contribution in [3.05, 3.63) is 24.0 Å². The Labute approximate surface area is 85.7 Å². The van der Waals surface area contributed by atoms with Crippen molar-refractivity contribution in [2.24, 2.45) is 7.05 Å². The summed E-state index contributed by atoms with van der Waals surface area (Å²) in [5.74, 6) is 0. The Morgan fingerprint density at radius 3 is 2.93 bits per heavy atom. The minimum Gasteiger partial charge on any atom is -0.353 e. The first-order valence-electron chi connectivity index (χ1n) is 5.28. The molecular weight excluding hydrogens is 174 g/mol. The number of likely N-dealkylation sites (tertiary alicyclic amines) is 1. The maximum Gasteiger partial charge on any atom is 0.0362 e. The van der Waals surface area contributed by atoms with Gasteiger partial charge in [-0.3, -0.25) is 0 Å². The van der Waals surface area contributed by atoms with Crippen LogP contribution in [0.3, 0.4) is 0 Å². The van der Waals surface area contributed by atoms with Crippen LogP contribution in [0.5, 0.6) is 0 Å². The molecule has 78 valence electrons. The summed E-state index contributed by atoms with van der Waals surface area (Å²) < 4.78 is 2.17. The van der Waals surface area contributed by atoms with E-state index in [0.29, 0.717) is 6.04 Å². The summed E-state index contributed by atoms with van der Waals surface area (Å²) in [7, 11) is 4.28. The van der Waals surface area contributed by atoms with Crippen molar-refractivity contribution in [1.29, 1.82) is 0 Å². The van der Waals surface area contributed by atoms with Gasteiger partial charge in [-0.25, -0.2) is 0 Å². The third kappa shape index (κ3) is 2.16. The second-order valence-corrected chi connectivity index (χ2v) is 4.24. The highest BCUT2D eigenvalue weighted by Crippen LogP contribution is 2.07. The van der Waals surface area contributed by atoms with E-state index >= 15 is 0 Å². The minimum atomic E-state index is 0.676. The zero-order chi connectivity index (χ0) is 9.97. The number of nitrogens with zero attached hydrogens (tertiary/aromatic N) is 2. The van der Waals surface area contributed by atoms with Crippen LogP contribution >= 0.6 is 0 Å². The fourth-order valence-electron chi connectivity index (χ4n) is 2.03. The van der Waals surface area contributed by atoms with Crippen molar-refractivity contribution in [3.8, 4) is 0 Å². The van der Waals surface area contributed by atoms with E-state index in [0.717, 1.165) is 6.54 Å². The van der Waals surface area contributed by atoms with Gasteiger partial charge in [0.1, 0.15) is 0 Å². The first-order valence-corrected chi connectivity index (χ1v) is 5.28. The molecule has 1 unspecified atom stereocenters. The van der Waals surface area contributed by atoms with E-state index in [-0.39, 0.29) is 0 Å². The molecule has 1 aromatic heterocycles. The molecule has 0 amide bonds. The van der Waals surface area contributed by atoms with E-state index < -0.39 is 0 Å². The van der Waals surface area contributed by atoms with Crippen LogP contribution < -0.4 is 5.32 Å². The molecule has 0 aromatic carbocycles. The lowest BCUT2D eigenvalue weighted by Crippen LogP contribution is -2.31. The number of nitrogens with one attached hydrogen (secondary N) is 1. The third-order valence-electron chi connectivity index (χ3n) is 3.01. The predicted molar refractivity (Wildman–Crippen MR) is 58.2 cm³/mol. The fourth-order valence-corrected chi connectivity index (χ4v) is 2.03. The molecule has 2 rings (SSSR count). The van der Waals surface area contributed by atoms with Gasteiger partial charge in [-0.2, -0.15) is 0 Å². The number of hydrogen-bond acceptors (Lipinski definition) is 2. The van der Waals surface area contributed by atoms with E-state index in [2.05, 4.69) is 47.2 Å². The summed E-state index contributed by atoms with van der Waals surface area (Å²) >= 11 is 0. The van der Waals surface area contributed by atoms with Crippen LogP contribution in [0.2, 0.25) is 0 Å². The number of rotatable bonds is 3. The molecule has 1 saturated heterocycles. The molecule has 0 saturated carbocycles. The average Bonchev–Trinajstić information content (AvgIpc) is 2.72. The summed E-state index contributed by atoms with van der Waals surface area (Å²) in [6, 6.07) is 4.94. The largest absolute Gasteiger partial charge is 0.353 e. The SMILES string of the molecule is CN1CCC(NCc2cccn2C)C1. The normalized spacial score (nSPS) is 23.1. The van der Waals surface area contributed by atoms with E-state index in [1.807, 2.05) is 0 Å². The maximum atomic E-state index is 3.59. The molecule has 1 aliphatic rings. The van der Waals surface area contributed by atoms with E-state index in [1.165, 1.54) is 25.2 Å². The van der Waals surface area contributed by atoms with Gasteiger partial charge in [0.05, 0.1) is 0 Å². The zero-order valence-corrected chi connectivity index (χ0v) is 9.03. The molecule has 1 N–H and O–H groups in total. The maximum absolute atomic E-state index is 3.59. The molecule has 14 heavy (non-hydrogen) atoms. The summed E-state index contributed by atoms with van der Waals surface area (Å²) in [6.07, 6.45) is 3.37. The summed E-state index contributed by atoms with van der Waals surface area (Å²) in [6.45, 7) is 3.40. The van der Waals surface area contributed by atoms with Gasteiger partial charge in [0.15, 0.2) is 0 Å². The standard InChI is InChI=1S/C11H19N3/c1-13-7-5-10(9-13)12-8-11-4-3-6-14(11)2/h3-4,6,10,12H,5,7-9H2,1-2H3. The Bertz CT molecular complexity index is 292. The first-order chi connectivity index (χ1) is 6.75. The lowest BCUT2D eigenvalue weighted by atomic mass is 10.2. The van der Waals surface area contributed by atoms with Crippen LogP contribution in [0, 0.1) is 0 Å². The van der Waals surface area contributed by atoms with Gasteiger partial charge in [-0.15, -0.1) is 0 Å². The quantitative estimate of drug-likeness (QED) is 0.767. The topological polar surface area (TPSA) is 20.2 Å². The van der Waals surface area contributed by atoms with Crippen LogP contribution in [0.4, 0.5) is 0 Å². The van der Waals surface area contributed by atoms with Gasteiger partial charge in [0, 0.05) is 38.1 Å². The van der Waals surface area contributed by atoms with Crippen molar-refractivity contribution in [2.75, 3.05) is 20.1 Å². The third-order valence-corrected chi connectivity index (χ3v) is 3.01. The van der Waals surface area contributed by atoms with E-state index in [9.17, 15) is 0 Å². The smallest absolute Gasteiger partial charge is 0.0362 e. The van der Waals surface area contributed by atoms with Gasteiger partial charge in [0.25, 0.3) is 0 Å². The Morgan fingerprint density at radius 2 is 2.36 bits per heavy atom. The average molecular weight is 193 g/mol. The van der Waals surface area contributed by atoms with Crippen molar-refractivity contribution in [3.63, 3.8) is 0 Å². The van der Waals surface area contributed by atoms with Gasteiger partial charge < -0.3 is 14.8 Å². The molecule has 0 aliphatic carbocycles. The first kappa shape index (κ1) is 9.74. The molecule has 1 aliphatic heterocycles. The molecule has 3 heteroatoms. The molecular formula is C11H19N3.